The zero-order chi connectivity index (χ0) is 14.2. The molecule has 0 saturated heterocycles. The van der Waals surface area contributed by atoms with E-state index in [-0.39, 0.29) is 51.4 Å². The van der Waals surface area contributed by atoms with Gasteiger partial charge in [0.05, 0.1) is 0 Å². The fraction of sp³-hybridized carbons (Fsp3) is 0. The van der Waals surface area contributed by atoms with Gasteiger partial charge in [-0.25, -0.2) is 8.42 Å². The predicted octanol–water partition coefficient (Wildman–Crippen LogP) is -4.63. The van der Waals surface area contributed by atoms with Crippen molar-refractivity contribution in [3.05, 3.63) is 0 Å². The number of rotatable bonds is 1. The first-order valence-electron chi connectivity index (χ1n) is 2.20. The molecule has 0 aliphatic carbocycles. The van der Waals surface area contributed by atoms with Gasteiger partial charge in [0.25, 0.3) is 0 Å². The van der Waals surface area contributed by atoms with Crippen LogP contribution in [0.3, 0.4) is 0 Å². The van der Waals surface area contributed by atoms with E-state index in [1.54, 1.807) is 0 Å². The molecular formula is H2KO13S3-4. The second kappa shape index (κ2) is 11.1. The van der Waals surface area contributed by atoms with Gasteiger partial charge in [0.15, 0.2) is 0 Å². The van der Waals surface area contributed by atoms with Gasteiger partial charge < -0.3 is 23.2 Å². The molecule has 0 fully saturated rings. The molecule has 0 saturated carbocycles. The second-order valence-electron chi connectivity index (χ2n) is 1.33. The molecule has 2 N–H and O–H groups in total. The molecule has 0 heterocycles. The summed E-state index contributed by atoms with van der Waals surface area (Å²) >= 11 is 0. The monoisotopic (exact) mass is 345 g/mol. The minimum Gasteiger partial charge on any atom is -0.759 e. The smallest absolute Gasteiger partial charge is 0.394 e. The van der Waals surface area contributed by atoms with Crippen molar-refractivity contribution in [1.29, 1.82) is 0 Å². The van der Waals surface area contributed by atoms with Crippen molar-refractivity contribution in [1.82, 2.24) is 0 Å². The summed E-state index contributed by atoms with van der Waals surface area (Å²) in [5.41, 5.74) is 0. The van der Waals surface area contributed by atoms with Crippen molar-refractivity contribution in [2.75, 3.05) is 0 Å². The summed E-state index contributed by atoms with van der Waals surface area (Å²) in [5, 5.41) is 8.55. The van der Waals surface area contributed by atoms with E-state index in [9.17, 15) is 0 Å². The van der Waals surface area contributed by atoms with Gasteiger partial charge in [-0.2, -0.15) is 8.42 Å². The van der Waals surface area contributed by atoms with Crippen LogP contribution in [0, 0.1) is 0 Å². The zero-order valence-electron chi connectivity index (χ0n) is 7.61. The van der Waals surface area contributed by atoms with E-state index in [4.69, 9.17) is 53.3 Å². The summed E-state index contributed by atoms with van der Waals surface area (Å²) in [6, 6.07) is 0. The molecule has 103 valence electrons. The maximum absolute atomic E-state index is 8.91. The normalized spacial score (nSPS) is 10.9. The molecule has 0 spiro atoms. The first kappa shape index (κ1) is 26.7. The standard InChI is InChI=1S/K.H2O5S.2H2O4S/c;1-5-6(2,3)4;2*1-5(2,3)4/h;1H,(H,2,3,4);2*(H2,1,2,3,4)/p-4. The summed E-state index contributed by atoms with van der Waals surface area (Å²) in [4.78, 5) is 0. The van der Waals surface area contributed by atoms with E-state index >= 15 is 0 Å². The Morgan fingerprint density at radius 2 is 0.882 bits per heavy atom. The van der Waals surface area contributed by atoms with Gasteiger partial charge in [0.2, 0.25) is 10.4 Å². The van der Waals surface area contributed by atoms with Crippen molar-refractivity contribution in [3.8, 4) is 0 Å². The van der Waals surface area contributed by atoms with E-state index < -0.39 is 31.2 Å². The third-order valence-corrected chi connectivity index (χ3v) is 0.250. The topological polar surface area (TPSA) is 244 Å². The van der Waals surface area contributed by atoms with Crippen LogP contribution >= 0.6 is 0 Å². The Balaban J connectivity index is -0.0000000729. The molecule has 0 rings (SSSR count). The SMILES string of the molecule is O=S(=O)(O)O.O=S(=O)([O-])O[O-].O=S(=O)([O-])[O-].[K]. The van der Waals surface area contributed by atoms with Gasteiger partial charge in [0.1, 0.15) is 0 Å². The maximum atomic E-state index is 8.91. The van der Waals surface area contributed by atoms with Gasteiger partial charge in [-0.15, -0.1) is 0 Å². The van der Waals surface area contributed by atoms with Crippen molar-refractivity contribution >= 4 is 82.6 Å². The van der Waals surface area contributed by atoms with Gasteiger partial charge in [-0.05, 0) is 0 Å². The minimum absolute atomic E-state index is 0. The van der Waals surface area contributed by atoms with Crippen molar-refractivity contribution in [2.24, 2.45) is 0 Å². The molecule has 0 aromatic rings. The predicted molar refractivity (Wildman–Crippen MR) is 41.2 cm³/mol. The van der Waals surface area contributed by atoms with Gasteiger partial charge in [-0.3, -0.25) is 17.5 Å². The minimum atomic E-state index is -5.17. The van der Waals surface area contributed by atoms with E-state index in [2.05, 4.69) is 4.33 Å². The first-order chi connectivity index (χ1) is 6.56. The Morgan fingerprint density at radius 1 is 0.824 bits per heavy atom. The van der Waals surface area contributed by atoms with E-state index in [0.29, 0.717) is 0 Å². The van der Waals surface area contributed by atoms with Gasteiger partial charge in [0, 0.05) is 61.8 Å². The summed E-state index contributed by atoms with van der Waals surface area (Å²) in [6.45, 7) is 0. The fourth-order valence-corrected chi connectivity index (χ4v) is 0. The van der Waals surface area contributed by atoms with Crippen LogP contribution in [-0.2, 0) is 35.5 Å². The average molecular weight is 345 g/mol. The second-order valence-corrected chi connectivity index (χ2v) is 4.00. The molecule has 0 aliphatic heterocycles. The number of hydrogen-bond donors (Lipinski definition) is 2. The van der Waals surface area contributed by atoms with Crippen molar-refractivity contribution in [2.45, 2.75) is 0 Å². The van der Waals surface area contributed by atoms with Crippen LogP contribution in [0.2, 0.25) is 0 Å². The van der Waals surface area contributed by atoms with Crippen LogP contribution in [0.1, 0.15) is 0 Å². The Hall–Kier alpha value is 1.21. The van der Waals surface area contributed by atoms with Crippen molar-refractivity contribution in [3.63, 3.8) is 0 Å². The molecule has 0 bridgehead atoms. The van der Waals surface area contributed by atoms with Crippen LogP contribution in [0.5, 0.6) is 0 Å². The van der Waals surface area contributed by atoms with E-state index in [0.717, 1.165) is 0 Å². The number of hydrogen-bond acceptors (Lipinski definition) is 11. The summed E-state index contributed by atoms with van der Waals surface area (Å²) < 4.78 is 94.5. The average Bonchev–Trinajstić information content (AvgIpc) is 1.77. The summed E-state index contributed by atoms with van der Waals surface area (Å²) in [5.74, 6) is 0. The van der Waals surface area contributed by atoms with Gasteiger partial charge >= 0.3 is 10.4 Å². The quantitative estimate of drug-likeness (QED) is 0.149. The maximum Gasteiger partial charge on any atom is 0.394 e. The molecule has 0 atom stereocenters. The van der Waals surface area contributed by atoms with Crippen LogP contribution in [0.25, 0.3) is 0 Å². The molecule has 13 nitrogen and oxygen atoms in total. The molecular weight excluding hydrogens is 343 g/mol. The molecule has 0 unspecified atom stereocenters. The largest absolute Gasteiger partial charge is 0.759 e. The zero-order valence-corrected chi connectivity index (χ0v) is 13.2. The van der Waals surface area contributed by atoms with Crippen LogP contribution in [0.4, 0.5) is 0 Å². The summed E-state index contributed by atoms with van der Waals surface area (Å²) in [7, 11) is -14.8. The van der Waals surface area contributed by atoms with Gasteiger partial charge in [-0.1, -0.05) is 0 Å². The first-order valence-corrected chi connectivity index (χ1v) is 6.26. The molecule has 1 radical (unpaired) electrons. The third kappa shape index (κ3) is 225. The Morgan fingerprint density at radius 3 is 0.882 bits per heavy atom. The molecule has 0 aromatic heterocycles. The van der Waals surface area contributed by atoms with E-state index in [1.165, 1.54) is 0 Å². The Kier molecular flexibility index (Phi) is 17.4. The molecule has 17 heteroatoms. The Bertz CT molecular complexity index is 401. The molecule has 0 aliphatic rings. The molecule has 0 aromatic carbocycles. The molecule has 0 amide bonds. The van der Waals surface area contributed by atoms with Crippen LogP contribution in [0.15, 0.2) is 0 Å². The van der Waals surface area contributed by atoms with Crippen molar-refractivity contribution < 1.29 is 57.6 Å². The summed E-state index contributed by atoms with van der Waals surface area (Å²) in [6.07, 6.45) is 0. The van der Waals surface area contributed by atoms with Crippen LogP contribution < -0.4 is 5.26 Å². The van der Waals surface area contributed by atoms with E-state index in [1.807, 2.05) is 0 Å². The fourth-order valence-electron chi connectivity index (χ4n) is 0. The molecule has 17 heavy (non-hydrogen) atoms. The third-order valence-electron chi connectivity index (χ3n) is 0.0833. The van der Waals surface area contributed by atoms with Crippen LogP contribution in [-0.4, -0.2) is 99.4 Å². The Labute approximate surface area is 138 Å².